The van der Waals surface area contributed by atoms with Crippen LogP contribution < -0.4 is 4.72 Å². The van der Waals surface area contributed by atoms with E-state index in [0.717, 1.165) is 6.07 Å². The number of imidazole rings is 1. The summed E-state index contributed by atoms with van der Waals surface area (Å²) in [6, 6.07) is 2.38. The van der Waals surface area contributed by atoms with Gasteiger partial charge >= 0.3 is 5.97 Å². The van der Waals surface area contributed by atoms with Crippen molar-refractivity contribution >= 4 is 44.8 Å². The monoisotopic (exact) mass is 550 g/mol. The average molecular weight is 551 g/mol. The highest BCUT2D eigenvalue weighted by atomic mass is 35.5. The van der Waals surface area contributed by atoms with Crippen molar-refractivity contribution in [3.05, 3.63) is 74.9 Å². The molecular formula is C22H20ClFN6O4S2. The van der Waals surface area contributed by atoms with Gasteiger partial charge in [0.05, 0.1) is 12.2 Å². The van der Waals surface area contributed by atoms with Crippen molar-refractivity contribution in [1.82, 2.24) is 24.6 Å². The predicted octanol–water partition coefficient (Wildman–Crippen LogP) is 3.03. The number of fused-ring (bicyclic) bond motifs is 1. The van der Waals surface area contributed by atoms with Crippen LogP contribution in [0.2, 0.25) is 5.02 Å². The molecule has 0 unspecified atom stereocenters. The summed E-state index contributed by atoms with van der Waals surface area (Å²) in [5.41, 5.74) is 1.17. The smallest absolute Gasteiger partial charge is 0.338 e. The van der Waals surface area contributed by atoms with Crippen molar-refractivity contribution in [2.45, 2.75) is 30.6 Å². The maximum atomic E-state index is 13.8. The van der Waals surface area contributed by atoms with Crippen molar-refractivity contribution < 1.29 is 22.3 Å². The number of H-pyrrole nitrogens is 1. The summed E-state index contributed by atoms with van der Waals surface area (Å²) in [5, 5.41) is 2.26. The first-order chi connectivity index (χ1) is 17.3. The summed E-state index contributed by atoms with van der Waals surface area (Å²) >= 11 is 7.73. The highest BCUT2D eigenvalue weighted by Gasteiger charge is 2.43. The number of thiazole rings is 1. The number of carbonyl (C=O) groups is 1. The molecule has 3 aromatic rings. The molecule has 2 aliphatic heterocycles. The van der Waals surface area contributed by atoms with Crippen LogP contribution in [0, 0.1) is 5.82 Å². The molecule has 0 radical (unpaired) electrons. The van der Waals surface area contributed by atoms with Gasteiger partial charge in [0.15, 0.2) is 10.8 Å². The Balaban J connectivity index is 1.62. The third-order valence-electron chi connectivity index (χ3n) is 5.69. The standard InChI is InChI=1S/C22H20ClFN6O4S2/c1-2-34-21(31)17-16-10-13(29-36(32,33)22-26-5-6-27-22)11-30(16)19(20-25-7-8-35-20)28-18(17)14-4-3-12(24)9-15(14)23/h3-9,13,18,29H,2,10-11H2,1H3,(H,26,27)/t13-,18-/m0/s1. The van der Waals surface area contributed by atoms with Gasteiger partial charge in [0, 0.05) is 59.3 Å². The van der Waals surface area contributed by atoms with Crippen molar-refractivity contribution in [1.29, 1.82) is 0 Å². The van der Waals surface area contributed by atoms with Crippen LogP contribution in [-0.4, -0.2) is 59.3 Å². The van der Waals surface area contributed by atoms with Crippen LogP contribution in [0.1, 0.15) is 30.0 Å². The van der Waals surface area contributed by atoms with Crippen LogP contribution in [0.25, 0.3) is 0 Å². The molecule has 2 aromatic heterocycles. The topological polar surface area (TPSA) is 130 Å². The molecule has 10 nitrogen and oxygen atoms in total. The number of amidine groups is 1. The Bertz CT molecular complexity index is 1460. The van der Waals surface area contributed by atoms with E-state index in [1.807, 2.05) is 0 Å². The SMILES string of the molecule is CCOC(=O)C1=C2C[C@H](NS(=O)(=O)c3ncc[nH]3)CN2C(c2nccs2)=N[C@H]1c1ccc(F)cc1Cl. The highest BCUT2D eigenvalue weighted by Crippen LogP contribution is 2.42. The van der Waals surface area contributed by atoms with Crippen LogP contribution >= 0.6 is 22.9 Å². The van der Waals surface area contributed by atoms with Gasteiger partial charge < -0.3 is 14.6 Å². The van der Waals surface area contributed by atoms with Gasteiger partial charge in [-0.1, -0.05) is 17.7 Å². The summed E-state index contributed by atoms with van der Waals surface area (Å²) in [7, 11) is -3.94. The zero-order valence-corrected chi connectivity index (χ0v) is 21.2. The minimum atomic E-state index is -3.94. The zero-order valence-electron chi connectivity index (χ0n) is 18.8. The third kappa shape index (κ3) is 4.54. The predicted molar refractivity (Wildman–Crippen MR) is 130 cm³/mol. The molecule has 0 bridgehead atoms. The third-order valence-corrected chi connectivity index (χ3v) is 8.16. The highest BCUT2D eigenvalue weighted by molar-refractivity contribution is 7.89. The Morgan fingerprint density at radius 3 is 2.86 bits per heavy atom. The Kier molecular flexibility index (Phi) is 6.64. The second-order valence-electron chi connectivity index (χ2n) is 7.97. The number of benzene rings is 1. The van der Waals surface area contributed by atoms with E-state index in [-0.39, 0.29) is 35.3 Å². The molecule has 2 atom stereocenters. The number of aromatic amines is 1. The molecule has 1 aromatic carbocycles. The Labute approximate surface area is 214 Å². The number of halogens is 2. The van der Waals surface area contributed by atoms with E-state index in [0.29, 0.717) is 22.1 Å². The van der Waals surface area contributed by atoms with Gasteiger partial charge in [0.1, 0.15) is 11.9 Å². The second-order valence-corrected chi connectivity index (χ2v) is 10.9. The number of aliphatic imine (C=N–C) groups is 1. The lowest BCUT2D eigenvalue weighted by molar-refractivity contribution is -0.139. The molecule has 4 heterocycles. The number of hydrogen-bond acceptors (Lipinski definition) is 9. The normalized spacial score (nSPS) is 19.9. The number of aromatic nitrogens is 3. The second kappa shape index (κ2) is 9.73. The summed E-state index contributed by atoms with van der Waals surface area (Å²) in [4.78, 5) is 30.6. The summed E-state index contributed by atoms with van der Waals surface area (Å²) in [6.45, 7) is 2.00. The number of rotatable bonds is 7. The lowest BCUT2D eigenvalue weighted by Crippen LogP contribution is -2.40. The number of ether oxygens (including phenoxy) is 1. The number of nitrogens with one attached hydrogen (secondary N) is 2. The zero-order chi connectivity index (χ0) is 25.4. The maximum absolute atomic E-state index is 13.8. The Hall–Kier alpha value is -3.13. The van der Waals surface area contributed by atoms with Crippen molar-refractivity contribution in [3.63, 3.8) is 0 Å². The van der Waals surface area contributed by atoms with Crippen LogP contribution in [0.15, 0.2) is 63.6 Å². The number of carbonyl (C=O) groups excluding carboxylic acids is 1. The maximum Gasteiger partial charge on any atom is 0.338 e. The largest absolute Gasteiger partial charge is 0.463 e. The molecule has 2 aliphatic rings. The van der Waals surface area contributed by atoms with Gasteiger partial charge in [0.2, 0.25) is 5.16 Å². The van der Waals surface area contributed by atoms with Crippen LogP contribution in [0.4, 0.5) is 4.39 Å². The molecule has 188 valence electrons. The molecule has 0 aliphatic carbocycles. The molecule has 36 heavy (non-hydrogen) atoms. The first-order valence-corrected chi connectivity index (χ1v) is 13.6. The molecule has 0 amide bonds. The fraction of sp³-hybridized carbons (Fsp3) is 0.273. The van der Waals surface area contributed by atoms with Gasteiger partial charge in [-0.05, 0) is 19.1 Å². The van der Waals surface area contributed by atoms with Gasteiger partial charge in [0.25, 0.3) is 10.0 Å². The fourth-order valence-electron chi connectivity index (χ4n) is 4.27. The van der Waals surface area contributed by atoms with E-state index in [9.17, 15) is 17.6 Å². The van der Waals surface area contributed by atoms with E-state index in [4.69, 9.17) is 21.3 Å². The Morgan fingerprint density at radius 1 is 1.36 bits per heavy atom. The minimum absolute atomic E-state index is 0.103. The van der Waals surface area contributed by atoms with Gasteiger partial charge in [-0.3, -0.25) is 4.99 Å². The molecule has 5 rings (SSSR count). The van der Waals surface area contributed by atoms with Crippen molar-refractivity contribution in [2.75, 3.05) is 13.2 Å². The lowest BCUT2D eigenvalue weighted by Gasteiger charge is -2.31. The molecule has 14 heteroatoms. The number of hydrogen-bond donors (Lipinski definition) is 2. The first-order valence-electron chi connectivity index (χ1n) is 10.9. The summed E-state index contributed by atoms with van der Waals surface area (Å²) < 4.78 is 47.5. The molecule has 1 saturated heterocycles. The van der Waals surface area contributed by atoms with Crippen molar-refractivity contribution in [3.8, 4) is 0 Å². The molecule has 2 N–H and O–H groups in total. The summed E-state index contributed by atoms with van der Waals surface area (Å²) in [5.74, 6) is -0.679. The van der Waals surface area contributed by atoms with Crippen LogP contribution in [-0.2, 0) is 19.6 Å². The number of nitrogens with zero attached hydrogens (tertiary/aromatic N) is 4. The average Bonchev–Trinajstić information content (AvgIpc) is 3.59. The van der Waals surface area contributed by atoms with Gasteiger partial charge in [-0.2, -0.15) is 0 Å². The molecule has 0 saturated carbocycles. The minimum Gasteiger partial charge on any atom is -0.463 e. The van der Waals surface area contributed by atoms with E-state index < -0.39 is 33.9 Å². The fourth-order valence-corrected chi connectivity index (χ4v) is 6.31. The quantitative estimate of drug-likeness (QED) is 0.432. The Morgan fingerprint density at radius 2 is 2.19 bits per heavy atom. The molecule has 1 fully saturated rings. The van der Waals surface area contributed by atoms with Crippen LogP contribution in [0.3, 0.4) is 0 Å². The van der Waals surface area contributed by atoms with Gasteiger partial charge in [-0.25, -0.2) is 32.3 Å². The van der Waals surface area contributed by atoms with E-state index in [1.165, 1.54) is 35.9 Å². The van der Waals surface area contributed by atoms with E-state index >= 15 is 0 Å². The van der Waals surface area contributed by atoms with Crippen LogP contribution in [0.5, 0.6) is 0 Å². The molecule has 0 spiro atoms. The van der Waals surface area contributed by atoms with Crippen molar-refractivity contribution in [2.24, 2.45) is 4.99 Å². The molecular weight excluding hydrogens is 531 g/mol. The number of sulfonamides is 1. The first kappa shape index (κ1) is 24.6. The van der Waals surface area contributed by atoms with E-state index in [2.05, 4.69) is 19.7 Å². The van der Waals surface area contributed by atoms with E-state index in [1.54, 1.807) is 23.4 Å². The summed E-state index contributed by atoms with van der Waals surface area (Å²) in [6.07, 6.45) is 4.56. The van der Waals surface area contributed by atoms with Gasteiger partial charge in [-0.15, -0.1) is 11.3 Å². The lowest BCUT2D eigenvalue weighted by atomic mass is 9.94. The number of esters is 1.